The van der Waals surface area contributed by atoms with Crippen LogP contribution in [0.4, 0.5) is 0 Å². The van der Waals surface area contributed by atoms with Crippen LogP contribution in [0, 0.1) is 6.92 Å². The molecule has 0 N–H and O–H groups in total. The summed E-state index contributed by atoms with van der Waals surface area (Å²) >= 11 is 3.36. The molecule has 1 aliphatic carbocycles. The molecule has 2 heterocycles. The van der Waals surface area contributed by atoms with Gasteiger partial charge >= 0.3 is 0 Å². The van der Waals surface area contributed by atoms with Gasteiger partial charge in [-0.25, -0.2) is 4.98 Å². The molecule has 3 aromatic rings. The van der Waals surface area contributed by atoms with Crippen LogP contribution >= 0.6 is 23.1 Å². The molecule has 2 aromatic heterocycles. The normalized spacial score (nSPS) is 17.0. The lowest BCUT2D eigenvalue weighted by Crippen LogP contribution is -2.22. The summed E-state index contributed by atoms with van der Waals surface area (Å²) in [6.45, 7) is 6.41. The smallest absolute Gasteiger partial charge is 0.267 e. The van der Waals surface area contributed by atoms with E-state index in [1.54, 1.807) is 23.1 Å². The quantitative estimate of drug-likeness (QED) is 0.463. The molecule has 0 amide bonds. The molecule has 130 valence electrons. The number of thiophene rings is 1. The fraction of sp³-hybridized carbons (Fsp3) is 0.400. The van der Waals surface area contributed by atoms with Gasteiger partial charge in [-0.1, -0.05) is 43.3 Å². The van der Waals surface area contributed by atoms with Crippen LogP contribution in [0.15, 0.2) is 34.2 Å². The van der Waals surface area contributed by atoms with Gasteiger partial charge in [-0.05, 0) is 55.6 Å². The van der Waals surface area contributed by atoms with Crippen molar-refractivity contribution in [2.45, 2.75) is 51.1 Å². The molecule has 1 aromatic carbocycles. The molecular formula is C20H22N2OS2. The maximum Gasteiger partial charge on any atom is 0.267 e. The Morgan fingerprint density at radius 1 is 1.32 bits per heavy atom. The third kappa shape index (κ3) is 2.83. The molecule has 1 unspecified atom stereocenters. The zero-order valence-electron chi connectivity index (χ0n) is 14.8. The van der Waals surface area contributed by atoms with E-state index in [9.17, 15) is 4.79 Å². The van der Waals surface area contributed by atoms with Crippen LogP contribution in [0.3, 0.4) is 0 Å². The Kier molecular flexibility index (Phi) is 4.46. The fourth-order valence-electron chi connectivity index (χ4n) is 3.67. The highest BCUT2D eigenvalue weighted by Gasteiger charge is 2.26. The van der Waals surface area contributed by atoms with E-state index in [0.29, 0.717) is 5.92 Å². The van der Waals surface area contributed by atoms with Gasteiger partial charge in [-0.2, -0.15) is 0 Å². The standard InChI is InChI=1S/C20H22N2OS2/c1-4-24-20-21-18-17(16-13(3)6-5-7-15(16)25-18)19(23)22(20)14-10-8-12(2)9-11-14/h8-11,13H,4-7H2,1-3H3. The fourth-order valence-corrected chi connectivity index (χ4v) is 5.78. The summed E-state index contributed by atoms with van der Waals surface area (Å²) in [5.74, 6) is 1.34. The number of aryl methyl sites for hydroxylation is 2. The van der Waals surface area contributed by atoms with Gasteiger partial charge in [0.05, 0.1) is 11.1 Å². The number of hydrogen-bond donors (Lipinski definition) is 0. The Morgan fingerprint density at radius 2 is 2.08 bits per heavy atom. The Balaban J connectivity index is 2.04. The van der Waals surface area contributed by atoms with Gasteiger partial charge < -0.3 is 0 Å². The average Bonchev–Trinajstić information content (AvgIpc) is 2.97. The van der Waals surface area contributed by atoms with Crippen LogP contribution in [0.2, 0.25) is 0 Å². The minimum absolute atomic E-state index is 0.0936. The molecule has 0 fully saturated rings. The van der Waals surface area contributed by atoms with Gasteiger partial charge in [-0.15, -0.1) is 11.3 Å². The molecule has 0 saturated heterocycles. The molecule has 0 spiro atoms. The van der Waals surface area contributed by atoms with Gasteiger partial charge in [0.1, 0.15) is 4.83 Å². The van der Waals surface area contributed by atoms with Crippen molar-refractivity contribution in [2.75, 3.05) is 5.75 Å². The van der Waals surface area contributed by atoms with Crippen molar-refractivity contribution in [1.29, 1.82) is 0 Å². The maximum atomic E-state index is 13.5. The van der Waals surface area contributed by atoms with Gasteiger partial charge in [0.2, 0.25) is 0 Å². The van der Waals surface area contributed by atoms with Crippen molar-refractivity contribution in [3.63, 3.8) is 0 Å². The van der Waals surface area contributed by atoms with Crippen molar-refractivity contribution in [3.8, 4) is 5.69 Å². The first-order valence-corrected chi connectivity index (χ1v) is 10.7. The SMILES string of the molecule is CCSc1nc2sc3c(c2c(=O)n1-c1ccc(C)cc1)C(C)CCC3. The predicted octanol–water partition coefficient (Wildman–Crippen LogP) is 5.31. The number of thioether (sulfide) groups is 1. The minimum Gasteiger partial charge on any atom is -0.268 e. The summed E-state index contributed by atoms with van der Waals surface area (Å²) in [6, 6.07) is 8.15. The molecule has 1 atom stereocenters. The molecule has 4 rings (SSSR count). The van der Waals surface area contributed by atoms with Crippen LogP contribution in [-0.4, -0.2) is 15.3 Å². The molecular weight excluding hydrogens is 348 g/mol. The summed E-state index contributed by atoms with van der Waals surface area (Å²) < 4.78 is 1.81. The van der Waals surface area contributed by atoms with E-state index in [1.165, 1.54) is 22.4 Å². The molecule has 0 aliphatic heterocycles. The van der Waals surface area contributed by atoms with Gasteiger partial charge in [0, 0.05) is 4.88 Å². The molecule has 0 radical (unpaired) electrons. The van der Waals surface area contributed by atoms with Gasteiger partial charge in [-0.3, -0.25) is 9.36 Å². The van der Waals surface area contributed by atoms with Crippen LogP contribution in [0.1, 0.15) is 48.6 Å². The number of fused-ring (bicyclic) bond motifs is 3. The monoisotopic (exact) mass is 370 g/mol. The van der Waals surface area contributed by atoms with Gasteiger partial charge in [0.25, 0.3) is 5.56 Å². The summed E-state index contributed by atoms with van der Waals surface area (Å²) in [5, 5.41) is 1.66. The second-order valence-corrected chi connectivity index (χ2v) is 9.03. The van der Waals surface area contributed by atoms with Crippen molar-refractivity contribution < 1.29 is 0 Å². The first-order valence-electron chi connectivity index (χ1n) is 8.88. The lowest BCUT2D eigenvalue weighted by atomic mass is 9.88. The summed E-state index contributed by atoms with van der Waals surface area (Å²) in [6.07, 6.45) is 3.46. The molecule has 3 nitrogen and oxygen atoms in total. The number of rotatable bonds is 3. The molecule has 0 saturated carbocycles. The van der Waals surface area contributed by atoms with E-state index >= 15 is 0 Å². The van der Waals surface area contributed by atoms with E-state index in [0.717, 1.165) is 39.7 Å². The number of nitrogens with zero attached hydrogens (tertiary/aromatic N) is 2. The second kappa shape index (κ2) is 6.61. The topological polar surface area (TPSA) is 34.9 Å². The van der Waals surface area contributed by atoms with Crippen molar-refractivity contribution in [2.24, 2.45) is 0 Å². The van der Waals surface area contributed by atoms with Crippen molar-refractivity contribution in [1.82, 2.24) is 9.55 Å². The zero-order chi connectivity index (χ0) is 17.6. The van der Waals surface area contributed by atoms with E-state index in [1.807, 2.05) is 16.7 Å². The molecule has 0 bridgehead atoms. The highest BCUT2D eigenvalue weighted by molar-refractivity contribution is 7.99. The van der Waals surface area contributed by atoms with Crippen LogP contribution in [-0.2, 0) is 6.42 Å². The molecule has 25 heavy (non-hydrogen) atoms. The van der Waals surface area contributed by atoms with Crippen LogP contribution in [0.5, 0.6) is 0 Å². The van der Waals surface area contributed by atoms with Crippen molar-refractivity contribution in [3.05, 3.63) is 50.6 Å². The summed E-state index contributed by atoms with van der Waals surface area (Å²) in [4.78, 5) is 20.7. The zero-order valence-corrected chi connectivity index (χ0v) is 16.5. The van der Waals surface area contributed by atoms with E-state index in [2.05, 4.69) is 32.9 Å². The highest BCUT2D eigenvalue weighted by atomic mass is 32.2. The minimum atomic E-state index is 0.0936. The highest BCUT2D eigenvalue weighted by Crippen LogP contribution is 2.40. The Labute approximate surface area is 156 Å². The van der Waals surface area contributed by atoms with Crippen LogP contribution < -0.4 is 5.56 Å². The first-order chi connectivity index (χ1) is 12.1. The Morgan fingerprint density at radius 3 is 2.80 bits per heavy atom. The number of hydrogen-bond acceptors (Lipinski definition) is 4. The number of benzene rings is 1. The molecule has 5 heteroatoms. The molecule has 1 aliphatic rings. The lowest BCUT2D eigenvalue weighted by Gasteiger charge is -2.19. The Hall–Kier alpha value is -1.59. The third-order valence-electron chi connectivity index (χ3n) is 4.91. The lowest BCUT2D eigenvalue weighted by molar-refractivity contribution is 0.601. The largest absolute Gasteiger partial charge is 0.268 e. The van der Waals surface area contributed by atoms with E-state index in [-0.39, 0.29) is 5.56 Å². The van der Waals surface area contributed by atoms with E-state index in [4.69, 9.17) is 4.98 Å². The Bertz CT molecular complexity index is 986. The number of aromatic nitrogens is 2. The van der Waals surface area contributed by atoms with Crippen LogP contribution in [0.25, 0.3) is 15.9 Å². The summed E-state index contributed by atoms with van der Waals surface area (Å²) in [7, 11) is 0. The summed E-state index contributed by atoms with van der Waals surface area (Å²) in [5.41, 5.74) is 3.45. The maximum absolute atomic E-state index is 13.5. The van der Waals surface area contributed by atoms with Gasteiger partial charge in [0.15, 0.2) is 5.16 Å². The second-order valence-electron chi connectivity index (χ2n) is 6.72. The first kappa shape index (κ1) is 16.9. The third-order valence-corrected chi connectivity index (χ3v) is 6.89. The average molecular weight is 371 g/mol. The van der Waals surface area contributed by atoms with Crippen molar-refractivity contribution >= 4 is 33.3 Å². The van der Waals surface area contributed by atoms with E-state index < -0.39 is 0 Å². The predicted molar refractivity (Wildman–Crippen MR) is 108 cm³/mol.